The Morgan fingerprint density at radius 1 is 1.21 bits per heavy atom. The van der Waals surface area contributed by atoms with Gasteiger partial charge in [-0.3, -0.25) is 14.6 Å². The third kappa shape index (κ3) is 2.86. The molecular formula is C21H21N5O3. The molecule has 2 aromatic heterocycles. The van der Waals surface area contributed by atoms with Crippen molar-refractivity contribution in [1.82, 2.24) is 24.9 Å². The molecule has 0 radical (unpaired) electrons. The van der Waals surface area contributed by atoms with Gasteiger partial charge in [-0.1, -0.05) is 11.3 Å². The topological polar surface area (TPSA) is 101 Å². The quantitative estimate of drug-likeness (QED) is 0.736. The first-order chi connectivity index (χ1) is 14.0. The largest absolute Gasteiger partial charge is 0.481 e. The van der Waals surface area contributed by atoms with Crippen molar-refractivity contribution in [3.8, 4) is 5.69 Å². The van der Waals surface area contributed by atoms with E-state index in [0.29, 0.717) is 24.5 Å². The summed E-state index contributed by atoms with van der Waals surface area (Å²) >= 11 is 0. The number of fused-ring (bicyclic) bond motifs is 1. The van der Waals surface area contributed by atoms with Crippen LogP contribution >= 0.6 is 0 Å². The Morgan fingerprint density at radius 2 is 2.00 bits per heavy atom. The highest BCUT2D eigenvalue weighted by Crippen LogP contribution is 2.59. The summed E-state index contributed by atoms with van der Waals surface area (Å²) < 4.78 is 1.67. The number of carboxylic acids is 1. The van der Waals surface area contributed by atoms with Crippen LogP contribution < -0.4 is 0 Å². The van der Waals surface area contributed by atoms with Crippen LogP contribution in [0.3, 0.4) is 0 Å². The number of pyridine rings is 1. The molecule has 1 atom stereocenters. The van der Waals surface area contributed by atoms with Gasteiger partial charge in [-0.2, -0.15) is 0 Å². The van der Waals surface area contributed by atoms with Gasteiger partial charge in [-0.15, -0.1) is 5.10 Å². The Morgan fingerprint density at radius 3 is 2.72 bits per heavy atom. The van der Waals surface area contributed by atoms with Crippen molar-refractivity contribution in [2.75, 3.05) is 13.1 Å². The maximum absolute atomic E-state index is 13.0. The number of rotatable bonds is 3. The number of carboxylic acid groups (broad SMARTS) is 1. The molecule has 29 heavy (non-hydrogen) atoms. The van der Waals surface area contributed by atoms with E-state index in [1.165, 1.54) is 0 Å². The summed E-state index contributed by atoms with van der Waals surface area (Å²) in [4.78, 5) is 30.3. The smallest absolute Gasteiger partial charge is 0.307 e. The Bertz CT molecular complexity index is 1130. The van der Waals surface area contributed by atoms with Crippen LogP contribution in [0.5, 0.6) is 0 Å². The predicted molar refractivity (Wildman–Crippen MR) is 105 cm³/mol. The number of carbonyl (C=O) groups excluding carboxylic acids is 1. The standard InChI is InChI=1S/C21H21N5O3/c1-13-18(19(27)25-9-6-21(7-10-25)12-16(21)20(28)29)23-24-26(13)15-4-5-17-14(11-15)3-2-8-22-17/h2-5,8,11,16H,6-7,9-10,12H2,1H3,(H,28,29). The van der Waals surface area contributed by atoms with Crippen molar-refractivity contribution < 1.29 is 14.7 Å². The van der Waals surface area contributed by atoms with Gasteiger partial charge in [0.15, 0.2) is 5.69 Å². The number of aromatic nitrogens is 4. The van der Waals surface area contributed by atoms with Gasteiger partial charge in [-0.05, 0) is 55.9 Å². The van der Waals surface area contributed by atoms with Gasteiger partial charge in [0.05, 0.1) is 22.8 Å². The summed E-state index contributed by atoms with van der Waals surface area (Å²) in [5.41, 5.74) is 2.65. The molecule has 8 nitrogen and oxygen atoms in total. The second kappa shape index (κ2) is 6.37. The first kappa shape index (κ1) is 17.8. The van der Waals surface area contributed by atoms with E-state index in [1.54, 1.807) is 15.8 Å². The molecule has 1 amide bonds. The third-order valence-electron chi connectivity index (χ3n) is 6.46. The van der Waals surface area contributed by atoms with E-state index in [2.05, 4.69) is 15.3 Å². The van der Waals surface area contributed by atoms with Crippen LogP contribution in [0.25, 0.3) is 16.6 Å². The van der Waals surface area contributed by atoms with E-state index in [9.17, 15) is 14.7 Å². The van der Waals surface area contributed by atoms with E-state index in [0.717, 1.165) is 35.9 Å². The minimum Gasteiger partial charge on any atom is -0.481 e. The first-order valence-corrected chi connectivity index (χ1v) is 9.78. The average molecular weight is 391 g/mol. The molecule has 148 valence electrons. The molecule has 1 saturated heterocycles. The zero-order chi connectivity index (χ0) is 20.2. The number of benzene rings is 1. The maximum atomic E-state index is 13.0. The van der Waals surface area contributed by atoms with Gasteiger partial charge in [-0.25, -0.2) is 4.68 Å². The van der Waals surface area contributed by atoms with Gasteiger partial charge in [0.2, 0.25) is 0 Å². The summed E-state index contributed by atoms with van der Waals surface area (Å²) in [6, 6.07) is 9.67. The maximum Gasteiger partial charge on any atom is 0.307 e. The second-order valence-corrected chi connectivity index (χ2v) is 8.07. The fourth-order valence-corrected chi connectivity index (χ4v) is 4.52. The zero-order valence-electron chi connectivity index (χ0n) is 16.1. The van der Waals surface area contributed by atoms with E-state index < -0.39 is 5.97 Å². The minimum absolute atomic E-state index is 0.103. The van der Waals surface area contributed by atoms with Crippen molar-refractivity contribution in [3.05, 3.63) is 47.9 Å². The predicted octanol–water partition coefficient (Wildman–Crippen LogP) is 2.45. The molecule has 3 heterocycles. The molecule has 2 aliphatic rings. The highest BCUT2D eigenvalue weighted by atomic mass is 16.4. The minimum atomic E-state index is -0.714. The van der Waals surface area contributed by atoms with E-state index in [1.807, 2.05) is 37.3 Å². The molecule has 5 rings (SSSR count). The molecule has 1 saturated carbocycles. The fourth-order valence-electron chi connectivity index (χ4n) is 4.52. The van der Waals surface area contributed by atoms with Gasteiger partial charge in [0.25, 0.3) is 5.91 Å². The number of aliphatic carboxylic acids is 1. The molecule has 1 aliphatic carbocycles. The molecular weight excluding hydrogens is 370 g/mol. The highest BCUT2D eigenvalue weighted by Gasteiger charge is 2.59. The lowest BCUT2D eigenvalue weighted by Gasteiger charge is -2.32. The lowest BCUT2D eigenvalue weighted by molar-refractivity contribution is -0.139. The number of amides is 1. The van der Waals surface area contributed by atoms with Crippen molar-refractivity contribution in [3.63, 3.8) is 0 Å². The van der Waals surface area contributed by atoms with Crippen LogP contribution in [0.4, 0.5) is 0 Å². The molecule has 1 aliphatic heterocycles. The average Bonchev–Trinajstić information content (AvgIpc) is 3.30. The molecule has 1 unspecified atom stereocenters. The van der Waals surface area contributed by atoms with Gasteiger partial charge in [0, 0.05) is 24.7 Å². The van der Waals surface area contributed by atoms with Crippen molar-refractivity contribution in [1.29, 1.82) is 0 Å². The van der Waals surface area contributed by atoms with Crippen LogP contribution in [0, 0.1) is 18.3 Å². The summed E-state index contributed by atoms with van der Waals surface area (Å²) in [5.74, 6) is -1.10. The Hall–Kier alpha value is -3.29. The monoisotopic (exact) mass is 391 g/mol. The molecule has 2 fully saturated rings. The molecule has 1 aromatic carbocycles. The third-order valence-corrected chi connectivity index (χ3v) is 6.46. The normalized spacial score (nSPS) is 20.2. The highest BCUT2D eigenvalue weighted by molar-refractivity contribution is 5.93. The van der Waals surface area contributed by atoms with Crippen LogP contribution in [0.1, 0.15) is 35.4 Å². The number of carbonyl (C=O) groups is 2. The Balaban J connectivity index is 1.35. The summed E-state index contributed by atoms with van der Waals surface area (Å²) in [5, 5.41) is 18.6. The number of hydrogen-bond donors (Lipinski definition) is 1. The number of likely N-dealkylation sites (tertiary alicyclic amines) is 1. The Labute approximate surface area is 167 Å². The lowest BCUT2D eigenvalue weighted by Crippen LogP contribution is -2.40. The van der Waals surface area contributed by atoms with Gasteiger partial charge >= 0.3 is 5.97 Å². The van der Waals surface area contributed by atoms with E-state index in [4.69, 9.17) is 0 Å². The molecule has 8 heteroatoms. The second-order valence-electron chi connectivity index (χ2n) is 8.07. The van der Waals surface area contributed by atoms with Crippen LogP contribution in [0.2, 0.25) is 0 Å². The zero-order valence-corrected chi connectivity index (χ0v) is 16.1. The number of piperidine rings is 1. The summed E-state index contributed by atoms with van der Waals surface area (Å²) in [7, 11) is 0. The van der Waals surface area contributed by atoms with Crippen molar-refractivity contribution >= 4 is 22.8 Å². The van der Waals surface area contributed by atoms with E-state index >= 15 is 0 Å². The summed E-state index contributed by atoms with van der Waals surface area (Å²) in [6.45, 7) is 2.97. The van der Waals surface area contributed by atoms with Gasteiger partial charge < -0.3 is 10.0 Å². The van der Waals surface area contributed by atoms with Gasteiger partial charge in [0.1, 0.15) is 0 Å². The van der Waals surface area contributed by atoms with Crippen molar-refractivity contribution in [2.24, 2.45) is 11.3 Å². The number of hydrogen-bond acceptors (Lipinski definition) is 5. The summed E-state index contributed by atoms with van der Waals surface area (Å²) in [6.07, 6.45) is 3.96. The first-order valence-electron chi connectivity index (χ1n) is 9.78. The van der Waals surface area contributed by atoms with Crippen molar-refractivity contribution in [2.45, 2.75) is 26.2 Å². The molecule has 3 aromatic rings. The number of nitrogens with zero attached hydrogens (tertiary/aromatic N) is 5. The van der Waals surface area contributed by atoms with Crippen LogP contribution in [-0.2, 0) is 4.79 Å². The fraction of sp³-hybridized carbons (Fsp3) is 0.381. The molecule has 1 N–H and O–H groups in total. The SMILES string of the molecule is Cc1c(C(=O)N2CCC3(CC2)CC3C(=O)O)nnn1-c1ccc2ncccc2c1. The Kier molecular flexibility index (Phi) is 3.90. The van der Waals surface area contributed by atoms with Crippen LogP contribution in [-0.4, -0.2) is 55.0 Å². The van der Waals surface area contributed by atoms with E-state index in [-0.39, 0.29) is 17.2 Å². The van der Waals surface area contributed by atoms with Crippen LogP contribution in [0.15, 0.2) is 36.5 Å². The molecule has 1 spiro atoms. The lowest BCUT2D eigenvalue weighted by atomic mass is 9.90. The molecule has 0 bridgehead atoms.